The van der Waals surface area contributed by atoms with Gasteiger partial charge in [-0.05, 0) is 13.3 Å². The largest absolute Gasteiger partial charge is 0.379 e. The van der Waals surface area contributed by atoms with Gasteiger partial charge in [0.1, 0.15) is 4.51 Å². The second kappa shape index (κ2) is 1.94. The van der Waals surface area contributed by atoms with Gasteiger partial charge in [0.25, 0.3) is 0 Å². The van der Waals surface area contributed by atoms with E-state index in [-0.39, 0.29) is 0 Å². The lowest BCUT2D eigenvalue weighted by molar-refractivity contribution is 0.161. The van der Waals surface area contributed by atoms with Crippen LogP contribution in [0.15, 0.2) is 0 Å². The molecule has 0 bridgehead atoms. The minimum absolute atomic E-state index is 0.646. The molecule has 0 radical (unpaired) electrons. The summed E-state index contributed by atoms with van der Waals surface area (Å²) in [5.41, 5.74) is 0. The fraction of sp³-hybridized carbons (Fsp3) is 1.00. The van der Waals surface area contributed by atoms with Crippen LogP contribution in [-0.2, 0) is 0 Å². The molecule has 0 saturated carbocycles. The molecular formula is C4H9BrO. The van der Waals surface area contributed by atoms with Crippen LogP contribution in [0.4, 0.5) is 0 Å². The Kier molecular flexibility index (Phi) is 2.08. The Morgan fingerprint density at radius 3 is 2.00 bits per heavy atom. The second-order valence-corrected chi connectivity index (χ2v) is 3.20. The lowest BCUT2D eigenvalue weighted by Gasteiger charge is -2.08. The van der Waals surface area contributed by atoms with E-state index in [1.165, 1.54) is 0 Å². The molecule has 1 atom stereocenters. The monoisotopic (exact) mass is 152 g/mol. The Hall–Kier alpha value is 0.440. The average Bonchev–Trinajstić information content (AvgIpc) is 1.35. The van der Waals surface area contributed by atoms with Crippen LogP contribution in [0.3, 0.4) is 0 Å². The van der Waals surface area contributed by atoms with E-state index in [0.29, 0.717) is 0 Å². The highest BCUT2D eigenvalue weighted by molar-refractivity contribution is 9.10. The molecule has 6 heavy (non-hydrogen) atoms. The zero-order chi connectivity index (χ0) is 5.21. The third-order valence-electron chi connectivity index (χ3n) is 0.645. The molecule has 0 aliphatic rings. The molecule has 1 nitrogen and oxygen atoms in total. The van der Waals surface area contributed by atoms with E-state index in [2.05, 4.69) is 15.9 Å². The maximum atomic E-state index is 8.74. The zero-order valence-electron chi connectivity index (χ0n) is 4.03. The molecule has 0 aliphatic carbocycles. The van der Waals surface area contributed by atoms with Crippen molar-refractivity contribution in [3.63, 3.8) is 0 Å². The fourth-order valence-corrected chi connectivity index (χ4v) is 0. The van der Waals surface area contributed by atoms with Gasteiger partial charge in [-0.15, -0.1) is 0 Å². The molecule has 0 rings (SSSR count). The summed E-state index contributed by atoms with van der Waals surface area (Å²) in [5, 5.41) is 8.74. The highest BCUT2D eigenvalue weighted by Crippen LogP contribution is 2.15. The van der Waals surface area contributed by atoms with Gasteiger partial charge in [-0.2, -0.15) is 0 Å². The predicted octanol–water partition coefficient (Wildman–Crippen LogP) is 1.50. The Morgan fingerprint density at radius 1 is 1.83 bits per heavy atom. The number of hydrogen-bond acceptors (Lipinski definition) is 1. The molecule has 1 N–H and O–H groups in total. The summed E-state index contributed by atoms with van der Waals surface area (Å²) in [7, 11) is 0. The molecule has 0 aliphatic heterocycles. The van der Waals surface area contributed by atoms with Crippen molar-refractivity contribution in [2.75, 3.05) is 0 Å². The first-order valence-corrected chi connectivity index (χ1v) is 2.77. The molecule has 0 fully saturated rings. The topological polar surface area (TPSA) is 20.2 Å². The van der Waals surface area contributed by atoms with Gasteiger partial charge in [0.2, 0.25) is 0 Å². The van der Waals surface area contributed by atoms with Gasteiger partial charge < -0.3 is 5.11 Å². The maximum absolute atomic E-state index is 8.74. The Morgan fingerprint density at radius 2 is 2.00 bits per heavy atom. The van der Waals surface area contributed by atoms with E-state index < -0.39 is 4.51 Å². The van der Waals surface area contributed by atoms with Gasteiger partial charge in [-0.25, -0.2) is 0 Å². The normalized spacial score (nSPS) is 20.0. The highest BCUT2D eigenvalue weighted by atomic mass is 79.9. The van der Waals surface area contributed by atoms with Gasteiger partial charge in [0.15, 0.2) is 0 Å². The Balaban J connectivity index is 3.17. The van der Waals surface area contributed by atoms with Gasteiger partial charge in [-0.1, -0.05) is 22.9 Å². The van der Waals surface area contributed by atoms with Crippen LogP contribution >= 0.6 is 15.9 Å². The lowest BCUT2D eigenvalue weighted by Crippen LogP contribution is -2.10. The maximum Gasteiger partial charge on any atom is 0.116 e. The van der Waals surface area contributed by atoms with Crippen LogP contribution in [0.2, 0.25) is 0 Å². The number of halogens is 1. The molecule has 0 heterocycles. The van der Waals surface area contributed by atoms with Crippen LogP contribution in [0, 0.1) is 0 Å². The van der Waals surface area contributed by atoms with E-state index in [4.69, 9.17) is 5.11 Å². The van der Waals surface area contributed by atoms with Gasteiger partial charge in [0, 0.05) is 0 Å². The molecule has 1 unspecified atom stereocenters. The SMILES string of the molecule is CCC(C)(O)Br. The van der Waals surface area contributed by atoms with Crippen molar-refractivity contribution in [2.45, 2.75) is 24.8 Å². The van der Waals surface area contributed by atoms with Crippen molar-refractivity contribution in [2.24, 2.45) is 0 Å². The Bertz CT molecular complexity index is 37.3. The van der Waals surface area contributed by atoms with E-state index >= 15 is 0 Å². The van der Waals surface area contributed by atoms with E-state index in [1.54, 1.807) is 6.92 Å². The standard InChI is InChI=1S/C4H9BrO/c1-3-4(2,5)6/h6H,3H2,1-2H3. The van der Waals surface area contributed by atoms with Crippen molar-refractivity contribution < 1.29 is 5.11 Å². The van der Waals surface area contributed by atoms with Crippen molar-refractivity contribution >= 4 is 15.9 Å². The first-order chi connectivity index (χ1) is 2.56. The molecular weight excluding hydrogens is 144 g/mol. The van der Waals surface area contributed by atoms with Gasteiger partial charge in [-0.3, -0.25) is 0 Å². The summed E-state index contributed by atoms with van der Waals surface area (Å²) in [5.74, 6) is 0. The van der Waals surface area contributed by atoms with Crippen LogP contribution < -0.4 is 0 Å². The first-order valence-electron chi connectivity index (χ1n) is 1.97. The molecule has 0 aromatic carbocycles. The Labute approximate surface area is 46.5 Å². The van der Waals surface area contributed by atoms with Crippen molar-refractivity contribution in [3.8, 4) is 0 Å². The summed E-state index contributed by atoms with van der Waals surface area (Å²) in [6.07, 6.45) is 0.743. The van der Waals surface area contributed by atoms with Crippen LogP contribution in [0.5, 0.6) is 0 Å². The molecule has 0 saturated heterocycles. The van der Waals surface area contributed by atoms with E-state index in [0.717, 1.165) is 6.42 Å². The van der Waals surface area contributed by atoms with Crippen molar-refractivity contribution in [1.29, 1.82) is 0 Å². The third kappa shape index (κ3) is 4.44. The molecule has 0 aromatic heterocycles. The van der Waals surface area contributed by atoms with Crippen molar-refractivity contribution in [1.82, 2.24) is 0 Å². The average molecular weight is 153 g/mol. The van der Waals surface area contributed by atoms with Crippen LogP contribution in [-0.4, -0.2) is 9.62 Å². The highest BCUT2D eigenvalue weighted by Gasteiger charge is 2.08. The minimum Gasteiger partial charge on any atom is -0.379 e. The van der Waals surface area contributed by atoms with Gasteiger partial charge >= 0.3 is 0 Å². The number of alkyl halides is 1. The molecule has 38 valence electrons. The summed E-state index contributed by atoms with van der Waals surface area (Å²) in [6.45, 7) is 3.63. The molecule has 0 aromatic rings. The number of rotatable bonds is 1. The lowest BCUT2D eigenvalue weighted by atomic mass is 10.3. The summed E-state index contributed by atoms with van der Waals surface area (Å²) >= 11 is 3.03. The summed E-state index contributed by atoms with van der Waals surface area (Å²) in [6, 6.07) is 0. The summed E-state index contributed by atoms with van der Waals surface area (Å²) in [4.78, 5) is 0. The third-order valence-corrected chi connectivity index (χ3v) is 1.21. The fourth-order valence-electron chi connectivity index (χ4n) is 0. The quantitative estimate of drug-likeness (QED) is 0.566. The minimum atomic E-state index is -0.646. The van der Waals surface area contributed by atoms with E-state index in [9.17, 15) is 0 Å². The van der Waals surface area contributed by atoms with Gasteiger partial charge in [0.05, 0.1) is 0 Å². The molecule has 2 heteroatoms. The smallest absolute Gasteiger partial charge is 0.116 e. The van der Waals surface area contributed by atoms with Crippen LogP contribution in [0.1, 0.15) is 20.3 Å². The van der Waals surface area contributed by atoms with Crippen molar-refractivity contribution in [3.05, 3.63) is 0 Å². The second-order valence-electron chi connectivity index (χ2n) is 1.50. The number of aliphatic hydroxyl groups is 1. The predicted molar refractivity (Wildman–Crippen MR) is 29.8 cm³/mol. The van der Waals surface area contributed by atoms with Crippen LogP contribution in [0.25, 0.3) is 0 Å². The molecule has 0 spiro atoms. The summed E-state index contributed by atoms with van der Waals surface area (Å²) < 4.78 is -0.646. The zero-order valence-corrected chi connectivity index (χ0v) is 5.62. The number of hydrogen-bond donors (Lipinski definition) is 1. The first kappa shape index (κ1) is 6.44. The van der Waals surface area contributed by atoms with E-state index in [1.807, 2.05) is 6.92 Å². The molecule has 0 amide bonds.